The van der Waals surface area contributed by atoms with Crippen LogP contribution in [0.4, 0.5) is 4.39 Å². The number of nitrogens with two attached hydrogens (primary N) is 1. The van der Waals surface area contributed by atoms with Gasteiger partial charge in [-0.25, -0.2) is 4.39 Å². The van der Waals surface area contributed by atoms with E-state index in [9.17, 15) is 4.39 Å². The maximum absolute atomic E-state index is 12.9. The summed E-state index contributed by atoms with van der Waals surface area (Å²) in [5.41, 5.74) is 9.39. The van der Waals surface area contributed by atoms with Gasteiger partial charge in [0.15, 0.2) is 0 Å². The maximum atomic E-state index is 12.9. The first-order chi connectivity index (χ1) is 10.1. The van der Waals surface area contributed by atoms with E-state index < -0.39 is 0 Å². The molecule has 0 amide bonds. The zero-order chi connectivity index (χ0) is 14.8. The molecule has 0 aliphatic carbocycles. The second-order valence-corrected chi connectivity index (χ2v) is 5.64. The van der Waals surface area contributed by atoms with Crippen molar-refractivity contribution < 1.29 is 4.39 Å². The van der Waals surface area contributed by atoms with Gasteiger partial charge in [0.1, 0.15) is 5.82 Å². The fraction of sp³-hybridized carbons (Fsp3) is 0.222. The zero-order valence-electron chi connectivity index (χ0n) is 12.1. The van der Waals surface area contributed by atoms with Gasteiger partial charge >= 0.3 is 0 Å². The monoisotopic (exact) mass is 282 g/mol. The molecule has 1 heterocycles. The molecule has 2 nitrogen and oxygen atoms in total. The summed E-state index contributed by atoms with van der Waals surface area (Å²) in [4.78, 5) is 0. The molecule has 0 saturated heterocycles. The Morgan fingerprint density at radius 2 is 1.76 bits per heavy atom. The number of hydrogen-bond acceptors (Lipinski definition) is 1. The number of aromatic nitrogens is 1. The molecule has 0 saturated carbocycles. The van der Waals surface area contributed by atoms with Crippen LogP contribution in [0.1, 0.15) is 18.1 Å². The SMILES string of the molecule is CC(N)Cc1ccc2c(ccn2Cc2ccc(F)cc2)c1. The van der Waals surface area contributed by atoms with E-state index in [4.69, 9.17) is 5.73 Å². The zero-order valence-corrected chi connectivity index (χ0v) is 12.1. The van der Waals surface area contributed by atoms with E-state index in [1.807, 2.05) is 19.1 Å². The van der Waals surface area contributed by atoms with Crippen LogP contribution in [0, 0.1) is 5.82 Å². The fourth-order valence-corrected chi connectivity index (χ4v) is 2.67. The molecule has 0 spiro atoms. The van der Waals surface area contributed by atoms with Gasteiger partial charge in [-0.1, -0.05) is 18.2 Å². The van der Waals surface area contributed by atoms with Gasteiger partial charge in [0.05, 0.1) is 0 Å². The molecule has 2 aromatic carbocycles. The van der Waals surface area contributed by atoms with Gasteiger partial charge in [0, 0.05) is 24.3 Å². The van der Waals surface area contributed by atoms with Crippen LogP contribution in [-0.2, 0) is 13.0 Å². The molecule has 3 rings (SSSR count). The average molecular weight is 282 g/mol. The number of hydrogen-bond donors (Lipinski definition) is 1. The molecule has 1 unspecified atom stereocenters. The summed E-state index contributed by atoms with van der Waals surface area (Å²) in [6.07, 6.45) is 2.96. The second-order valence-electron chi connectivity index (χ2n) is 5.64. The number of nitrogens with zero attached hydrogens (tertiary/aromatic N) is 1. The summed E-state index contributed by atoms with van der Waals surface area (Å²) >= 11 is 0. The lowest BCUT2D eigenvalue weighted by Crippen LogP contribution is -2.17. The fourth-order valence-electron chi connectivity index (χ4n) is 2.67. The molecule has 0 aliphatic heterocycles. The van der Waals surface area contributed by atoms with Crippen molar-refractivity contribution in [2.75, 3.05) is 0 Å². The van der Waals surface area contributed by atoms with Gasteiger partial charge in [-0.05, 0) is 60.2 Å². The van der Waals surface area contributed by atoms with Crippen molar-refractivity contribution in [1.29, 1.82) is 0 Å². The highest BCUT2D eigenvalue weighted by Gasteiger charge is 2.05. The molecule has 1 aromatic heterocycles. The van der Waals surface area contributed by atoms with Crippen molar-refractivity contribution in [2.45, 2.75) is 25.9 Å². The minimum absolute atomic E-state index is 0.170. The average Bonchev–Trinajstić information content (AvgIpc) is 2.83. The molecule has 1 atom stereocenters. The summed E-state index contributed by atoms with van der Waals surface area (Å²) in [5.74, 6) is -0.198. The number of benzene rings is 2. The molecule has 21 heavy (non-hydrogen) atoms. The third kappa shape index (κ3) is 3.14. The lowest BCUT2D eigenvalue weighted by Gasteiger charge is -2.08. The van der Waals surface area contributed by atoms with Crippen LogP contribution >= 0.6 is 0 Å². The molecule has 2 N–H and O–H groups in total. The van der Waals surface area contributed by atoms with E-state index in [0.717, 1.165) is 18.5 Å². The molecule has 108 valence electrons. The van der Waals surface area contributed by atoms with E-state index in [2.05, 4.69) is 35.0 Å². The van der Waals surface area contributed by atoms with Gasteiger partial charge in [-0.15, -0.1) is 0 Å². The number of halogens is 1. The Balaban J connectivity index is 1.88. The normalized spacial score (nSPS) is 12.7. The van der Waals surface area contributed by atoms with Crippen LogP contribution in [-0.4, -0.2) is 10.6 Å². The van der Waals surface area contributed by atoms with Crippen LogP contribution in [0.3, 0.4) is 0 Å². The van der Waals surface area contributed by atoms with E-state index in [0.29, 0.717) is 0 Å². The summed E-state index contributed by atoms with van der Waals surface area (Å²) in [6, 6.07) is 15.4. The van der Waals surface area contributed by atoms with Crippen LogP contribution in [0.2, 0.25) is 0 Å². The highest BCUT2D eigenvalue weighted by molar-refractivity contribution is 5.81. The van der Waals surface area contributed by atoms with E-state index in [1.165, 1.54) is 28.6 Å². The Kier molecular flexibility index (Phi) is 3.76. The number of rotatable bonds is 4. The Morgan fingerprint density at radius 1 is 1.05 bits per heavy atom. The van der Waals surface area contributed by atoms with Crippen molar-refractivity contribution >= 4 is 10.9 Å². The smallest absolute Gasteiger partial charge is 0.123 e. The lowest BCUT2D eigenvalue weighted by atomic mass is 10.1. The van der Waals surface area contributed by atoms with Gasteiger partial charge in [0.2, 0.25) is 0 Å². The van der Waals surface area contributed by atoms with Crippen molar-refractivity contribution in [1.82, 2.24) is 4.57 Å². The molecule has 0 aliphatic rings. The van der Waals surface area contributed by atoms with Crippen molar-refractivity contribution in [3.8, 4) is 0 Å². The van der Waals surface area contributed by atoms with Crippen LogP contribution in [0.15, 0.2) is 54.7 Å². The van der Waals surface area contributed by atoms with Crippen LogP contribution < -0.4 is 5.73 Å². The second kappa shape index (κ2) is 5.70. The highest BCUT2D eigenvalue weighted by Crippen LogP contribution is 2.20. The Hall–Kier alpha value is -2.13. The highest BCUT2D eigenvalue weighted by atomic mass is 19.1. The molecule has 0 bridgehead atoms. The van der Waals surface area contributed by atoms with Crippen molar-refractivity contribution in [2.24, 2.45) is 5.73 Å². The summed E-state index contributed by atoms with van der Waals surface area (Å²) in [6.45, 7) is 2.76. The van der Waals surface area contributed by atoms with Gasteiger partial charge < -0.3 is 10.3 Å². The number of fused-ring (bicyclic) bond motifs is 1. The quantitative estimate of drug-likeness (QED) is 0.777. The molecule has 0 fully saturated rings. The minimum Gasteiger partial charge on any atom is -0.343 e. The van der Waals surface area contributed by atoms with Crippen LogP contribution in [0.25, 0.3) is 10.9 Å². The Labute approximate surface area is 124 Å². The van der Waals surface area contributed by atoms with E-state index >= 15 is 0 Å². The first kappa shape index (κ1) is 13.8. The maximum Gasteiger partial charge on any atom is 0.123 e. The van der Waals surface area contributed by atoms with E-state index in [-0.39, 0.29) is 11.9 Å². The molecular formula is C18H19FN2. The molecule has 0 radical (unpaired) electrons. The molecular weight excluding hydrogens is 263 g/mol. The van der Waals surface area contributed by atoms with Gasteiger partial charge in [-0.3, -0.25) is 0 Å². The van der Waals surface area contributed by atoms with Crippen molar-refractivity contribution in [3.05, 3.63) is 71.7 Å². The standard InChI is InChI=1S/C18H19FN2/c1-13(20)10-15-4-7-18-16(11-15)8-9-21(18)12-14-2-5-17(19)6-3-14/h2-9,11,13H,10,12,20H2,1H3. The summed E-state index contributed by atoms with van der Waals surface area (Å²) in [5, 5.41) is 1.22. The first-order valence-corrected chi connectivity index (χ1v) is 7.19. The minimum atomic E-state index is -0.198. The summed E-state index contributed by atoms with van der Waals surface area (Å²) in [7, 11) is 0. The summed E-state index contributed by atoms with van der Waals surface area (Å²) < 4.78 is 15.1. The van der Waals surface area contributed by atoms with E-state index in [1.54, 1.807) is 0 Å². The Bertz CT molecular complexity index is 742. The third-order valence-electron chi connectivity index (χ3n) is 3.66. The van der Waals surface area contributed by atoms with Crippen LogP contribution in [0.5, 0.6) is 0 Å². The third-order valence-corrected chi connectivity index (χ3v) is 3.66. The lowest BCUT2D eigenvalue weighted by molar-refractivity contribution is 0.626. The first-order valence-electron chi connectivity index (χ1n) is 7.19. The molecule has 3 aromatic rings. The van der Waals surface area contributed by atoms with Gasteiger partial charge in [-0.2, -0.15) is 0 Å². The Morgan fingerprint density at radius 3 is 2.48 bits per heavy atom. The topological polar surface area (TPSA) is 30.9 Å². The molecule has 3 heteroatoms. The predicted octanol–water partition coefficient (Wildman–Crippen LogP) is 3.72. The largest absolute Gasteiger partial charge is 0.343 e. The van der Waals surface area contributed by atoms with Crippen molar-refractivity contribution in [3.63, 3.8) is 0 Å². The van der Waals surface area contributed by atoms with Gasteiger partial charge in [0.25, 0.3) is 0 Å². The predicted molar refractivity (Wildman–Crippen MR) is 84.8 cm³/mol.